The van der Waals surface area contributed by atoms with E-state index in [1.54, 1.807) is 11.3 Å². The normalized spacial score (nSPS) is 13.3. The molecule has 1 N–H and O–H groups in total. The first-order chi connectivity index (χ1) is 7.59. The van der Waals surface area contributed by atoms with Crippen LogP contribution >= 0.6 is 11.3 Å². The Morgan fingerprint density at radius 3 is 2.69 bits per heavy atom. The molecule has 0 saturated heterocycles. The number of nitrogens with zero attached hydrogens (tertiary/aromatic N) is 1. The molecule has 0 aliphatic rings. The molecule has 0 saturated carbocycles. The lowest BCUT2D eigenvalue weighted by molar-refractivity contribution is 0.0936. The SMILES string of the molecule is Cc1ncsc1CNC(C)COCC(C)C. The smallest absolute Gasteiger partial charge is 0.0798 e. The van der Waals surface area contributed by atoms with E-state index in [0.29, 0.717) is 12.0 Å². The lowest BCUT2D eigenvalue weighted by Gasteiger charge is -2.14. The van der Waals surface area contributed by atoms with Crippen molar-refractivity contribution in [3.05, 3.63) is 16.1 Å². The van der Waals surface area contributed by atoms with Gasteiger partial charge in [0.2, 0.25) is 0 Å². The van der Waals surface area contributed by atoms with E-state index in [1.165, 1.54) is 4.88 Å². The Hall–Kier alpha value is -0.450. The van der Waals surface area contributed by atoms with Gasteiger partial charge in [-0.1, -0.05) is 13.8 Å². The monoisotopic (exact) mass is 242 g/mol. The molecule has 1 aromatic heterocycles. The molecule has 1 atom stereocenters. The van der Waals surface area contributed by atoms with E-state index in [1.807, 2.05) is 12.4 Å². The first-order valence-electron chi connectivity index (χ1n) is 5.79. The van der Waals surface area contributed by atoms with Crippen LogP contribution in [0.2, 0.25) is 0 Å². The average molecular weight is 242 g/mol. The minimum absolute atomic E-state index is 0.389. The summed E-state index contributed by atoms with van der Waals surface area (Å²) in [6.07, 6.45) is 0. The molecule has 16 heavy (non-hydrogen) atoms. The predicted octanol–water partition coefficient (Wildman–Crippen LogP) is 2.60. The Labute approximate surface area is 102 Å². The molecule has 0 bridgehead atoms. The zero-order valence-electron chi connectivity index (χ0n) is 10.6. The molecule has 4 heteroatoms. The zero-order chi connectivity index (χ0) is 12.0. The average Bonchev–Trinajstić information content (AvgIpc) is 2.60. The lowest BCUT2D eigenvalue weighted by atomic mass is 10.2. The van der Waals surface area contributed by atoms with Crippen LogP contribution in [0.4, 0.5) is 0 Å². The van der Waals surface area contributed by atoms with Gasteiger partial charge < -0.3 is 10.1 Å². The van der Waals surface area contributed by atoms with Crippen LogP contribution < -0.4 is 5.32 Å². The van der Waals surface area contributed by atoms with Gasteiger partial charge in [0.25, 0.3) is 0 Å². The molecule has 0 radical (unpaired) electrons. The van der Waals surface area contributed by atoms with Crippen molar-refractivity contribution < 1.29 is 4.74 Å². The number of thiazole rings is 1. The van der Waals surface area contributed by atoms with Gasteiger partial charge >= 0.3 is 0 Å². The van der Waals surface area contributed by atoms with Crippen molar-refractivity contribution in [1.82, 2.24) is 10.3 Å². The molecule has 0 amide bonds. The predicted molar refractivity (Wildman–Crippen MR) is 68.8 cm³/mol. The standard InChI is InChI=1S/C12H22N2OS/c1-9(2)6-15-7-10(3)13-5-12-11(4)14-8-16-12/h8-10,13H,5-7H2,1-4H3. The van der Waals surface area contributed by atoms with E-state index >= 15 is 0 Å². The summed E-state index contributed by atoms with van der Waals surface area (Å²) in [5, 5.41) is 3.44. The summed E-state index contributed by atoms with van der Waals surface area (Å²) < 4.78 is 5.58. The van der Waals surface area contributed by atoms with Crippen molar-refractivity contribution in [1.29, 1.82) is 0 Å². The maximum atomic E-state index is 5.58. The van der Waals surface area contributed by atoms with Crippen LogP contribution in [0.3, 0.4) is 0 Å². The Morgan fingerprint density at radius 2 is 2.12 bits per heavy atom. The van der Waals surface area contributed by atoms with Gasteiger partial charge in [-0.05, 0) is 19.8 Å². The highest BCUT2D eigenvalue weighted by molar-refractivity contribution is 7.09. The van der Waals surface area contributed by atoms with Crippen LogP contribution in [0, 0.1) is 12.8 Å². The largest absolute Gasteiger partial charge is 0.380 e. The molecule has 0 aliphatic carbocycles. The Bertz CT molecular complexity index is 299. The Morgan fingerprint density at radius 1 is 1.38 bits per heavy atom. The number of nitrogens with one attached hydrogen (secondary N) is 1. The summed E-state index contributed by atoms with van der Waals surface area (Å²) in [5.74, 6) is 0.607. The number of ether oxygens (including phenoxy) is 1. The van der Waals surface area contributed by atoms with Crippen molar-refractivity contribution in [2.24, 2.45) is 5.92 Å². The molecule has 0 fully saturated rings. The second-order valence-corrected chi connectivity index (χ2v) is 5.51. The van der Waals surface area contributed by atoms with Crippen LogP contribution in [0.25, 0.3) is 0 Å². The minimum Gasteiger partial charge on any atom is -0.380 e. The van der Waals surface area contributed by atoms with Crippen molar-refractivity contribution in [3.63, 3.8) is 0 Å². The number of aromatic nitrogens is 1. The van der Waals surface area contributed by atoms with Gasteiger partial charge in [-0.3, -0.25) is 0 Å². The molecule has 1 heterocycles. The topological polar surface area (TPSA) is 34.2 Å². The van der Waals surface area contributed by atoms with Crippen LogP contribution in [-0.4, -0.2) is 24.2 Å². The summed E-state index contributed by atoms with van der Waals surface area (Å²) >= 11 is 1.71. The molecule has 1 aromatic rings. The van der Waals surface area contributed by atoms with E-state index in [2.05, 4.69) is 31.1 Å². The van der Waals surface area contributed by atoms with Gasteiger partial charge in [-0.25, -0.2) is 4.98 Å². The van der Waals surface area contributed by atoms with E-state index in [9.17, 15) is 0 Å². The van der Waals surface area contributed by atoms with Gasteiger partial charge in [0.1, 0.15) is 0 Å². The van der Waals surface area contributed by atoms with Crippen molar-refractivity contribution in [2.45, 2.75) is 40.3 Å². The maximum Gasteiger partial charge on any atom is 0.0798 e. The summed E-state index contributed by atoms with van der Waals surface area (Å²) in [5.41, 5.74) is 3.03. The fourth-order valence-corrected chi connectivity index (χ4v) is 2.03. The van der Waals surface area contributed by atoms with E-state index < -0.39 is 0 Å². The van der Waals surface area contributed by atoms with Gasteiger partial charge in [0, 0.05) is 24.1 Å². The number of aryl methyl sites for hydroxylation is 1. The third-order valence-corrected chi connectivity index (χ3v) is 3.21. The van der Waals surface area contributed by atoms with E-state index in [-0.39, 0.29) is 0 Å². The quantitative estimate of drug-likeness (QED) is 0.798. The van der Waals surface area contributed by atoms with Gasteiger partial charge in [-0.15, -0.1) is 11.3 Å². The summed E-state index contributed by atoms with van der Waals surface area (Å²) in [6, 6.07) is 0.389. The fourth-order valence-electron chi connectivity index (χ4n) is 1.30. The Balaban J connectivity index is 2.15. The second kappa shape index (κ2) is 6.99. The molecule has 0 aromatic carbocycles. The maximum absolute atomic E-state index is 5.58. The molecule has 0 aliphatic heterocycles. The molecule has 0 spiro atoms. The van der Waals surface area contributed by atoms with Crippen LogP contribution in [0.5, 0.6) is 0 Å². The van der Waals surface area contributed by atoms with E-state index in [0.717, 1.165) is 25.5 Å². The molecule has 1 unspecified atom stereocenters. The highest BCUT2D eigenvalue weighted by Gasteiger charge is 2.05. The first kappa shape index (κ1) is 13.6. The summed E-state index contributed by atoms with van der Waals surface area (Å²) in [4.78, 5) is 5.54. The zero-order valence-corrected chi connectivity index (χ0v) is 11.4. The van der Waals surface area contributed by atoms with Gasteiger partial charge in [-0.2, -0.15) is 0 Å². The Kier molecular flexibility index (Phi) is 5.95. The molecular formula is C12H22N2OS. The fraction of sp³-hybridized carbons (Fsp3) is 0.750. The van der Waals surface area contributed by atoms with Crippen LogP contribution in [0.15, 0.2) is 5.51 Å². The third kappa shape index (κ3) is 5.05. The van der Waals surface area contributed by atoms with Crippen molar-refractivity contribution >= 4 is 11.3 Å². The van der Waals surface area contributed by atoms with E-state index in [4.69, 9.17) is 4.74 Å². The third-order valence-electron chi connectivity index (χ3n) is 2.27. The number of hydrogen-bond acceptors (Lipinski definition) is 4. The molecule has 92 valence electrons. The van der Waals surface area contributed by atoms with Crippen molar-refractivity contribution in [3.8, 4) is 0 Å². The second-order valence-electron chi connectivity index (χ2n) is 4.57. The summed E-state index contributed by atoms with van der Waals surface area (Å²) in [7, 11) is 0. The van der Waals surface area contributed by atoms with Gasteiger partial charge in [0.15, 0.2) is 0 Å². The number of rotatable bonds is 7. The minimum atomic E-state index is 0.389. The van der Waals surface area contributed by atoms with Crippen molar-refractivity contribution in [2.75, 3.05) is 13.2 Å². The molecule has 3 nitrogen and oxygen atoms in total. The summed E-state index contributed by atoms with van der Waals surface area (Å²) in [6.45, 7) is 11.0. The number of hydrogen-bond donors (Lipinski definition) is 1. The highest BCUT2D eigenvalue weighted by Crippen LogP contribution is 2.11. The molecular weight excluding hydrogens is 220 g/mol. The van der Waals surface area contributed by atoms with Crippen LogP contribution in [-0.2, 0) is 11.3 Å². The molecule has 1 rings (SSSR count). The highest BCUT2D eigenvalue weighted by atomic mass is 32.1. The van der Waals surface area contributed by atoms with Crippen LogP contribution in [0.1, 0.15) is 31.3 Å². The van der Waals surface area contributed by atoms with Gasteiger partial charge in [0.05, 0.1) is 17.8 Å². The first-order valence-corrected chi connectivity index (χ1v) is 6.67. The lowest BCUT2D eigenvalue weighted by Crippen LogP contribution is -2.30.